The van der Waals surface area contributed by atoms with Gasteiger partial charge < -0.3 is 16.0 Å². The summed E-state index contributed by atoms with van der Waals surface area (Å²) in [6.07, 6.45) is 0. The van der Waals surface area contributed by atoms with Gasteiger partial charge >= 0.3 is 6.03 Å². The van der Waals surface area contributed by atoms with Gasteiger partial charge in [0.15, 0.2) is 0 Å². The lowest BCUT2D eigenvalue weighted by Crippen LogP contribution is -2.48. The number of urea groups is 1. The lowest BCUT2D eigenvalue weighted by molar-refractivity contribution is -0.121. The number of benzene rings is 1. The zero-order chi connectivity index (χ0) is 17.5. The van der Waals surface area contributed by atoms with Gasteiger partial charge in [-0.1, -0.05) is 44.2 Å². The average Bonchev–Trinajstić information content (AvgIpc) is 2.44. The quantitative estimate of drug-likeness (QED) is 0.754. The predicted octanol–water partition coefficient (Wildman–Crippen LogP) is 2.64. The van der Waals surface area contributed by atoms with Gasteiger partial charge in [0.2, 0.25) is 5.91 Å². The molecule has 5 heteroatoms. The van der Waals surface area contributed by atoms with E-state index in [1.54, 1.807) is 0 Å². The number of hydrogen-bond donors (Lipinski definition) is 3. The fourth-order valence-corrected chi connectivity index (χ4v) is 2.33. The largest absolute Gasteiger partial charge is 0.350 e. The molecule has 0 heterocycles. The van der Waals surface area contributed by atoms with E-state index in [4.69, 9.17) is 0 Å². The van der Waals surface area contributed by atoms with E-state index in [0.29, 0.717) is 12.5 Å². The highest BCUT2D eigenvalue weighted by atomic mass is 16.2. The van der Waals surface area contributed by atoms with Crippen LogP contribution in [0.15, 0.2) is 30.3 Å². The number of rotatable bonds is 6. The molecule has 1 aromatic rings. The van der Waals surface area contributed by atoms with Crippen molar-refractivity contribution < 1.29 is 9.59 Å². The van der Waals surface area contributed by atoms with Crippen LogP contribution in [-0.4, -0.2) is 30.6 Å². The van der Waals surface area contributed by atoms with Crippen molar-refractivity contribution in [2.24, 2.45) is 5.92 Å². The third kappa shape index (κ3) is 7.68. The minimum absolute atomic E-state index is 0.0270. The van der Waals surface area contributed by atoms with E-state index in [0.717, 1.165) is 0 Å². The summed E-state index contributed by atoms with van der Waals surface area (Å²) in [5.74, 6) is 0.448. The third-order valence-corrected chi connectivity index (χ3v) is 3.44. The first-order valence-corrected chi connectivity index (χ1v) is 8.06. The molecule has 0 saturated carbocycles. The Hall–Kier alpha value is -2.04. The van der Waals surface area contributed by atoms with Gasteiger partial charge in [0.05, 0.1) is 6.54 Å². The van der Waals surface area contributed by atoms with Crippen molar-refractivity contribution in [3.8, 4) is 0 Å². The van der Waals surface area contributed by atoms with E-state index in [9.17, 15) is 9.59 Å². The molecule has 1 rings (SSSR count). The molecule has 23 heavy (non-hydrogen) atoms. The summed E-state index contributed by atoms with van der Waals surface area (Å²) in [5, 5.41) is 8.24. The molecule has 0 aliphatic carbocycles. The predicted molar refractivity (Wildman–Crippen MR) is 93.3 cm³/mol. The van der Waals surface area contributed by atoms with Gasteiger partial charge in [0.1, 0.15) is 0 Å². The molecule has 0 aliphatic heterocycles. The van der Waals surface area contributed by atoms with Crippen molar-refractivity contribution in [2.45, 2.75) is 46.1 Å². The van der Waals surface area contributed by atoms with E-state index in [2.05, 4.69) is 41.9 Å². The smallest absolute Gasteiger partial charge is 0.315 e. The van der Waals surface area contributed by atoms with Crippen molar-refractivity contribution in [1.29, 1.82) is 0 Å². The van der Waals surface area contributed by atoms with Crippen LogP contribution in [0.3, 0.4) is 0 Å². The monoisotopic (exact) mass is 319 g/mol. The Morgan fingerprint density at radius 3 is 2.17 bits per heavy atom. The summed E-state index contributed by atoms with van der Waals surface area (Å²) in [7, 11) is 0. The third-order valence-electron chi connectivity index (χ3n) is 3.44. The Balaban J connectivity index is 2.43. The summed E-state index contributed by atoms with van der Waals surface area (Å²) in [5.41, 5.74) is 0.902. The number of carbonyl (C=O) groups excluding carboxylic acids is 2. The van der Waals surface area contributed by atoms with Crippen LogP contribution < -0.4 is 16.0 Å². The van der Waals surface area contributed by atoms with E-state index >= 15 is 0 Å². The molecular formula is C18H29N3O2. The molecule has 0 spiro atoms. The zero-order valence-electron chi connectivity index (χ0n) is 14.8. The summed E-state index contributed by atoms with van der Waals surface area (Å²) in [6, 6.07) is 9.80. The van der Waals surface area contributed by atoms with Crippen molar-refractivity contribution in [2.75, 3.05) is 13.1 Å². The van der Waals surface area contributed by atoms with Crippen molar-refractivity contribution >= 4 is 11.9 Å². The topological polar surface area (TPSA) is 70.2 Å². The second-order valence-electron chi connectivity index (χ2n) is 7.12. The lowest BCUT2D eigenvalue weighted by atomic mass is 9.88. The van der Waals surface area contributed by atoms with E-state index < -0.39 is 0 Å². The first-order chi connectivity index (χ1) is 10.7. The molecule has 0 saturated heterocycles. The van der Waals surface area contributed by atoms with Gasteiger partial charge in [0, 0.05) is 18.0 Å². The molecule has 0 aromatic heterocycles. The number of carbonyl (C=O) groups is 2. The molecule has 0 radical (unpaired) electrons. The standard InChI is InChI=1S/C18H29N3O2/c1-13(2)15(14-9-7-6-8-10-14)11-19-17(23)20-12-16(22)21-18(3,4)5/h6-10,13,15H,11-12H2,1-5H3,(H,21,22)(H2,19,20,23). The van der Waals surface area contributed by atoms with E-state index in [1.165, 1.54) is 5.56 Å². The highest BCUT2D eigenvalue weighted by Gasteiger charge is 2.17. The maximum Gasteiger partial charge on any atom is 0.315 e. The second kappa shape index (κ2) is 8.56. The van der Waals surface area contributed by atoms with Crippen LogP contribution in [0.25, 0.3) is 0 Å². The molecule has 1 unspecified atom stereocenters. The summed E-state index contributed by atoms with van der Waals surface area (Å²) in [6.45, 7) is 10.5. The van der Waals surface area contributed by atoms with Gasteiger partial charge in [0.25, 0.3) is 0 Å². The molecular weight excluding hydrogens is 290 g/mol. The molecule has 0 aliphatic rings. The van der Waals surface area contributed by atoms with Gasteiger partial charge in [-0.3, -0.25) is 4.79 Å². The maximum absolute atomic E-state index is 11.9. The van der Waals surface area contributed by atoms with Crippen LogP contribution in [0.5, 0.6) is 0 Å². The fourth-order valence-electron chi connectivity index (χ4n) is 2.33. The highest BCUT2D eigenvalue weighted by molar-refractivity contribution is 5.84. The molecule has 0 fully saturated rings. The number of hydrogen-bond acceptors (Lipinski definition) is 2. The second-order valence-corrected chi connectivity index (χ2v) is 7.12. The van der Waals surface area contributed by atoms with Gasteiger partial charge in [-0.2, -0.15) is 0 Å². The molecule has 1 aromatic carbocycles. The average molecular weight is 319 g/mol. The van der Waals surface area contributed by atoms with Crippen LogP contribution in [0.4, 0.5) is 4.79 Å². The van der Waals surface area contributed by atoms with Crippen LogP contribution in [0.2, 0.25) is 0 Å². The Morgan fingerprint density at radius 1 is 1.04 bits per heavy atom. The number of nitrogens with one attached hydrogen (secondary N) is 3. The van der Waals surface area contributed by atoms with Crippen LogP contribution in [0, 0.1) is 5.92 Å². The summed E-state index contributed by atoms with van der Waals surface area (Å²) < 4.78 is 0. The van der Waals surface area contributed by atoms with Crippen molar-refractivity contribution in [3.05, 3.63) is 35.9 Å². The minimum atomic E-state index is -0.323. The van der Waals surface area contributed by atoms with Crippen LogP contribution in [0.1, 0.15) is 46.1 Å². The summed E-state index contributed by atoms with van der Waals surface area (Å²) >= 11 is 0. The molecule has 1 atom stereocenters. The normalized spacial score (nSPS) is 12.6. The first kappa shape index (κ1) is 19.0. The molecule has 128 valence electrons. The van der Waals surface area contributed by atoms with Crippen LogP contribution in [-0.2, 0) is 4.79 Å². The summed E-state index contributed by atoms with van der Waals surface area (Å²) in [4.78, 5) is 23.5. The number of amides is 3. The fraction of sp³-hybridized carbons (Fsp3) is 0.556. The van der Waals surface area contributed by atoms with Crippen molar-refractivity contribution in [1.82, 2.24) is 16.0 Å². The maximum atomic E-state index is 11.9. The highest BCUT2D eigenvalue weighted by Crippen LogP contribution is 2.23. The Bertz CT molecular complexity index is 507. The minimum Gasteiger partial charge on any atom is -0.350 e. The van der Waals surface area contributed by atoms with E-state index in [-0.39, 0.29) is 29.9 Å². The van der Waals surface area contributed by atoms with Crippen LogP contribution >= 0.6 is 0 Å². The van der Waals surface area contributed by atoms with Crippen molar-refractivity contribution in [3.63, 3.8) is 0 Å². The van der Waals surface area contributed by atoms with Gasteiger partial charge in [-0.05, 0) is 32.3 Å². The molecule has 5 nitrogen and oxygen atoms in total. The Morgan fingerprint density at radius 2 is 1.65 bits per heavy atom. The molecule has 0 bridgehead atoms. The first-order valence-electron chi connectivity index (χ1n) is 8.06. The van der Waals surface area contributed by atoms with Gasteiger partial charge in [-0.25, -0.2) is 4.79 Å². The Labute approximate surface area is 139 Å². The van der Waals surface area contributed by atoms with Gasteiger partial charge in [-0.15, -0.1) is 0 Å². The zero-order valence-corrected chi connectivity index (χ0v) is 14.8. The molecule has 3 amide bonds. The molecule has 3 N–H and O–H groups in total. The lowest BCUT2D eigenvalue weighted by Gasteiger charge is -2.22. The Kier molecular flexibility index (Phi) is 7.07. The van der Waals surface area contributed by atoms with E-state index in [1.807, 2.05) is 39.0 Å². The SMILES string of the molecule is CC(C)C(CNC(=O)NCC(=O)NC(C)(C)C)c1ccccc1.